The van der Waals surface area contributed by atoms with Gasteiger partial charge in [-0.2, -0.15) is 10.1 Å². The molecule has 0 amide bonds. The van der Waals surface area contributed by atoms with E-state index in [0.29, 0.717) is 5.95 Å². The number of halogens is 1. The average molecular weight is 289 g/mol. The third kappa shape index (κ3) is 2.08. The van der Waals surface area contributed by atoms with Crippen molar-refractivity contribution in [1.82, 2.24) is 24.7 Å². The first-order valence-corrected chi connectivity index (χ1v) is 6.45. The summed E-state index contributed by atoms with van der Waals surface area (Å²) in [7, 11) is 3.81. The highest BCUT2D eigenvalue weighted by molar-refractivity contribution is 6.28. The molecule has 0 aliphatic heterocycles. The third-order valence-electron chi connectivity index (χ3n) is 3.33. The van der Waals surface area contributed by atoms with Crippen LogP contribution in [0.4, 0.5) is 11.6 Å². The monoisotopic (exact) mass is 288 g/mol. The molecule has 0 atom stereocenters. The fraction of sp³-hybridized carbons (Fsp3) is 0.231. The van der Waals surface area contributed by atoms with E-state index >= 15 is 0 Å². The lowest BCUT2D eigenvalue weighted by Gasteiger charge is -2.16. The van der Waals surface area contributed by atoms with E-state index in [-0.39, 0.29) is 5.28 Å². The van der Waals surface area contributed by atoms with Gasteiger partial charge in [-0.15, -0.1) is 0 Å². The van der Waals surface area contributed by atoms with E-state index in [4.69, 9.17) is 11.6 Å². The Kier molecular flexibility index (Phi) is 3.02. The Balaban J connectivity index is 2.05. The maximum atomic E-state index is 5.79. The third-order valence-corrected chi connectivity index (χ3v) is 3.51. The molecule has 20 heavy (non-hydrogen) atoms. The van der Waals surface area contributed by atoms with Crippen molar-refractivity contribution in [2.75, 3.05) is 11.9 Å². The van der Waals surface area contributed by atoms with Crippen molar-refractivity contribution < 1.29 is 0 Å². The Morgan fingerprint density at radius 3 is 2.80 bits per heavy atom. The first kappa shape index (κ1) is 12.8. The van der Waals surface area contributed by atoms with Gasteiger partial charge in [-0.25, -0.2) is 9.97 Å². The van der Waals surface area contributed by atoms with Crippen molar-refractivity contribution in [3.8, 4) is 0 Å². The lowest BCUT2D eigenvalue weighted by Crippen LogP contribution is -2.13. The van der Waals surface area contributed by atoms with Gasteiger partial charge in [0.1, 0.15) is 6.33 Å². The summed E-state index contributed by atoms with van der Waals surface area (Å²) in [6, 6.07) is 6.06. The maximum absolute atomic E-state index is 5.79. The summed E-state index contributed by atoms with van der Waals surface area (Å²) in [5.74, 6) is 0.497. The summed E-state index contributed by atoms with van der Waals surface area (Å²) in [5, 5.41) is 5.79. The molecule has 0 aliphatic carbocycles. The number of rotatable bonds is 2. The molecule has 3 aromatic rings. The minimum atomic E-state index is 0.177. The molecule has 0 saturated carbocycles. The maximum Gasteiger partial charge on any atom is 0.233 e. The molecule has 0 fully saturated rings. The van der Waals surface area contributed by atoms with Gasteiger partial charge in [0, 0.05) is 30.9 Å². The quantitative estimate of drug-likeness (QED) is 0.725. The molecule has 102 valence electrons. The lowest BCUT2D eigenvalue weighted by atomic mass is 10.2. The molecule has 0 radical (unpaired) electrons. The fourth-order valence-corrected chi connectivity index (χ4v) is 2.19. The minimum absolute atomic E-state index is 0.177. The Morgan fingerprint density at radius 2 is 2.05 bits per heavy atom. The Morgan fingerprint density at radius 1 is 1.25 bits per heavy atom. The molecule has 2 heterocycles. The zero-order chi connectivity index (χ0) is 14.3. The van der Waals surface area contributed by atoms with Crippen molar-refractivity contribution in [3.63, 3.8) is 0 Å². The van der Waals surface area contributed by atoms with Crippen molar-refractivity contribution >= 4 is 34.1 Å². The van der Waals surface area contributed by atoms with Crippen LogP contribution in [0.3, 0.4) is 0 Å². The van der Waals surface area contributed by atoms with E-state index in [1.165, 1.54) is 6.33 Å². The van der Waals surface area contributed by atoms with E-state index in [1.807, 2.05) is 48.8 Å². The van der Waals surface area contributed by atoms with Crippen molar-refractivity contribution in [2.45, 2.75) is 6.92 Å². The van der Waals surface area contributed by atoms with Crippen LogP contribution in [-0.2, 0) is 7.05 Å². The average Bonchev–Trinajstić information content (AvgIpc) is 2.73. The van der Waals surface area contributed by atoms with Crippen molar-refractivity contribution in [2.24, 2.45) is 7.05 Å². The highest BCUT2D eigenvalue weighted by atomic mass is 35.5. The molecule has 0 N–H and O–H groups in total. The van der Waals surface area contributed by atoms with Crippen LogP contribution in [0.1, 0.15) is 5.69 Å². The molecule has 0 aliphatic rings. The fourth-order valence-electron chi connectivity index (χ4n) is 2.07. The van der Waals surface area contributed by atoms with Crippen LogP contribution < -0.4 is 4.90 Å². The van der Waals surface area contributed by atoms with E-state index < -0.39 is 0 Å². The van der Waals surface area contributed by atoms with Gasteiger partial charge in [0.15, 0.2) is 0 Å². The molecule has 6 nitrogen and oxygen atoms in total. The van der Waals surface area contributed by atoms with Crippen LogP contribution in [-0.4, -0.2) is 31.8 Å². The Hall–Kier alpha value is -2.21. The molecule has 2 aromatic heterocycles. The molecule has 1 aromatic carbocycles. The van der Waals surface area contributed by atoms with Crippen LogP contribution in [0.25, 0.3) is 10.9 Å². The highest BCUT2D eigenvalue weighted by Gasteiger charge is 2.11. The van der Waals surface area contributed by atoms with Gasteiger partial charge in [-0.1, -0.05) is 0 Å². The molecule has 7 heteroatoms. The summed E-state index contributed by atoms with van der Waals surface area (Å²) in [5.41, 5.74) is 3.02. The number of anilines is 2. The summed E-state index contributed by atoms with van der Waals surface area (Å²) >= 11 is 5.79. The first-order valence-electron chi connectivity index (χ1n) is 6.08. The largest absolute Gasteiger partial charge is 0.313 e. The van der Waals surface area contributed by atoms with Crippen LogP contribution in [0, 0.1) is 6.92 Å². The highest BCUT2D eigenvalue weighted by Crippen LogP contribution is 2.26. The molecule has 0 unspecified atom stereocenters. The second kappa shape index (κ2) is 4.72. The van der Waals surface area contributed by atoms with Gasteiger partial charge in [0.05, 0.1) is 5.52 Å². The molecule has 0 spiro atoms. The number of aromatic nitrogens is 5. The predicted octanol–water partition coefficient (Wildman–Crippen LogP) is 2.49. The number of hydrogen-bond acceptors (Lipinski definition) is 5. The zero-order valence-electron chi connectivity index (χ0n) is 11.4. The predicted molar refractivity (Wildman–Crippen MR) is 78.4 cm³/mol. The van der Waals surface area contributed by atoms with Gasteiger partial charge in [-0.3, -0.25) is 4.68 Å². The number of fused-ring (bicyclic) bond motifs is 1. The van der Waals surface area contributed by atoms with Crippen LogP contribution >= 0.6 is 11.6 Å². The molecule has 0 saturated heterocycles. The van der Waals surface area contributed by atoms with E-state index in [2.05, 4.69) is 20.1 Å². The Bertz CT molecular complexity index is 782. The van der Waals surface area contributed by atoms with Gasteiger partial charge in [-0.05, 0) is 36.7 Å². The van der Waals surface area contributed by atoms with E-state index in [0.717, 1.165) is 22.3 Å². The first-order chi connectivity index (χ1) is 9.56. The van der Waals surface area contributed by atoms with Gasteiger partial charge < -0.3 is 4.90 Å². The number of benzene rings is 1. The zero-order valence-corrected chi connectivity index (χ0v) is 12.1. The molecular weight excluding hydrogens is 276 g/mol. The van der Waals surface area contributed by atoms with Crippen molar-refractivity contribution in [1.29, 1.82) is 0 Å². The summed E-state index contributed by atoms with van der Waals surface area (Å²) in [6.45, 7) is 2.05. The topological polar surface area (TPSA) is 59.7 Å². The standard InChI is InChI=1S/C13H13ClN6/c1-8-10-5-4-9(6-11(10)18-20(8)3)19(2)13-16-7-15-12(14)17-13/h4-7H,1-3H3. The minimum Gasteiger partial charge on any atom is -0.313 e. The summed E-state index contributed by atoms with van der Waals surface area (Å²) in [4.78, 5) is 13.8. The van der Waals surface area contributed by atoms with E-state index in [1.54, 1.807) is 0 Å². The smallest absolute Gasteiger partial charge is 0.233 e. The van der Waals surface area contributed by atoms with Crippen molar-refractivity contribution in [3.05, 3.63) is 35.5 Å². The van der Waals surface area contributed by atoms with Gasteiger partial charge in [0.25, 0.3) is 0 Å². The number of hydrogen-bond donors (Lipinski definition) is 0. The SMILES string of the molecule is Cc1c2ccc(N(C)c3ncnc(Cl)n3)cc2nn1C. The second-order valence-corrected chi connectivity index (χ2v) is 4.86. The second-order valence-electron chi connectivity index (χ2n) is 4.52. The summed E-state index contributed by atoms with van der Waals surface area (Å²) in [6.07, 6.45) is 1.39. The molecule has 0 bridgehead atoms. The molecule has 3 rings (SSSR count). The van der Waals surface area contributed by atoms with Gasteiger partial charge in [0.2, 0.25) is 11.2 Å². The lowest BCUT2D eigenvalue weighted by molar-refractivity contribution is 0.751. The summed E-state index contributed by atoms with van der Waals surface area (Å²) < 4.78 is 1.87. The van der Waals surface area contributed by atoms with Crippen LogP contribution in [0.5, 0.6) is 0 Å². The Labute approximate surface area is 121 Å². The van der Waals surface area contributed by atoms with E-state index in [9.17, 15) is 0 Å². The van der Waals surface area contributed by atoms with Gasteiger partial charge >= 0.3 is 0 Å². The number of aryl methyl sites for hydroxylation is 2. The normalized spacial score (nSPS) is 11.0. The van der Waals surface area contributed by atoms with Crippen LogP contribution in [0.2, 0.25) is 5.28 Å². The molecular formula is C13H13ClN6. The van der Waals surface area contributed by atoms with Crippen LogP contribution in [0.15, 0.2) is 24.5 Å². The number of nitrogens with zero attached hydrogens (tertiary/aromatic N) is 6.